The van der Waals surface area contributed by atoms with Crippen molar-refractivity contribution in [3.63, 3.8) is 0 Å². The number of hydrogen-bond donors (Lipinski definition) is 2. The number of β-amino-alcohol motifs (C(OH)–C–C–N with tert-alkyl or cyclic N) is 1. The summed E-state index contributed by atoms with van der Waals surface area (Å²) in [6, 6.07) is 14.7. The van der Waals surface area contributed by atoms with E-state index < -0.39 is 12.1 Å². The van der Waals surface area contributed by atoms with Crippen molar-refractivity contribution in [1.29, 1.82) is 0 Å². The fraction of sp³-hybridized carbons (Fsp3) is 0.211. The lowest BCUT2D eigenvalue weighted by Gasteiger charge is -2.21. The first-order valence-corrected chi connectivity index (χ1v) is 7.51. The lowest BCUT2D eigenvalue weighted by atomic mass is 10.1. The summed E-state index contributed by atoms with van der Waals surface area (Å²) in [5, 5.41) is 19.2. The zero-order valence-corrected chi connectivity index (χ0v) is 12.6. The minimum atomic E-state index is -0.982. The topological polar surface area (TPSA) is 60.8 Å². The Bertz CT molecular complexity index is 774. The Hall–Kier alpha value is -2.77. The van der Waals surface area contributed by atoms with Crippen molar-refractivity contribution >= 4 is 11.7 Å². The van der Waals surface area contributed by atoms with Gasteiger partial charge < -0.3 is 15.1 Å². The van der Waals surface area contributed by atoms with Crippen molar-refractivity contribution in [2.75, 3.05) is 18.0 Å². The first-order valence-electron chi connectivity index (χ1n) is 7.51. The van der Waals surface area contributed by atoms with Gasteiger partial charge in [-0.25, -0.2) is 4.79 Å². The summed E-state index contributed by atoms with van der Waals surface area (Å²) < 4.78 is 0. The van der Waals surface area contributed by atoms with Gasteiger partial charge >= 0.3 is 5.97 Å². The normalized spacial score (nSPS) is 16.7. The van der Waals surface area contributed by atoms with Crippen LogP contribution in [-0.2, 0) is 0 Å². The molecule has 0 unspecified atom stereocenters. The molecule has 2 aromatic rings. The maximum Gasteiger partial charge on any atom is 0.337 e. The number of benzene rings is 2. The lowest BCUT2D eigenvalue weighted by molar-refractivity contribution is 0.0697. The van der Waals surface area contributed by atoms with E-state index in [1.165, 1.54) is 0 Å². The number of aliphatic hydroxyl groups is 1. The Labute approximate surface area is 135 Å². The smallest absolute Gasteiger partial charge is 0.337 e. The maximum absolute atomic E-state index is 11.5. The maximum atomic E-state index is 11.5. The van der Waals surface area contributed by atoms with Gasteiger partial charge in [-0.3, -0.25) is 0 Å². The fourth-order valence-corrected chi connectivity index (χ4v) is 2.76. The number of para-hydroxylation sites is 1. The molecule has 4 heteroatoms. The van der Waals surface area contributed by atoms with Crippen LogP contribution >= 0.6 is 0 Å². The van der Waals surface area contributed by atoms with Crippen molar-refractivity contribution < 1.29 is 15.0 Å². The van der Waals surface area contributed by atoms with Crippen LogP contribution < -0.4 is 4.90 Å². The van der Waals surface area contributed by atoms with Crippen LogP contribution in [0, 0.1) is 11.8 Å². The Morgan fingerprint density at radius 1 is 1.09 bits per heavy atom. The number of carbonyl (C=O) groups is 1. The minimum absolute atomic E-state index is 0.221. The molecule has 116 valence electrons. The van der Waals surface area contributed by atoms with Crippen LogP contribution in [-0.4, -0.2) is 35.4 Å². The zero-order valence-electron chi connectivity index (χ0n) is 12.6. The third-order valence-corrected chi connectivity index (χ3v) is 3.86. The molecule has 1 saturated heterocycles. The van der Waals surface area contributed by atoms with Crippen LogP contribution in [0.15, 0.2) is 48.5 Å². The molecule has 0 amide bonds. The van der Waals surface area contributed by atoms with Crippen LogP contribution in [0.2, 0.25) is 0 Å². The molecule has 4 nitrogen and oxygen atoms in total. The Morgan fingerprint density at radius 2 is 1.87 bits per heavy atom. The highest BCUT2D eigenvalue weighted by Crippen LogP contribution is 2.28. The van der Waals surface area contributed by atoms with E-state index in [1.54, 1.807) is 12.1 Å². The Kier molecular flexibility index (Phi) is 4.31. The number of hydrogen-bond acceptors (Lipinski definition) is 3. The molecule has 0 bridgehead atoms. The number of carboxylic acids is 1. The quantitative estimate of drug-likeness (QED) is 0.836. The number of aromatic carboxylic acids is 1. The molecule has 0 aliphatic carbocycles. The Balaban J connectivity index is 2.05. The van der Waals surface area contributed by atoms with Crippen LogP contribution in [0.3, 0.4) is 0 Å². The van der Waals surface area contributed by atoms with E-state index in [4.69, 9.17) is 0 Å². The number of nitrogens with zero attached hydrogens (tertiary/aromatic N) is 1. The minimum Gasteiger partial charge on any atom is -0.478 e. The zero-order chi connectivity index (χ0) is 16.2. The second kappa shape index (κ2) is 6.55. The van der Waals surface area contributed by atoms with Gasteiger partial charge in [-0.1, -0.05) is 36.1 Å². The summed E-state index contributed by atoms with van der Waals surface area (Å²) in [5.74, 6) is 5.17. The second-order valence-electron chi connectivity index (χ2n) is 5.51. The molecule has 1 aliphatic rings. The van der Waals surface area contributed by atoms with Gasteiger partial charge in [0.2, 0.25) is 0 Å². The second-order valence-corrected chi connectivity index (χ2v) is 5.51. The molecule has 2 aromatic carbocycles. The van der Waals surface area contributed by atoms with E-state index in [0.717, 1.165) is 5.56 Å². The average Bonchev–Trinajstić information content (AvgIpc) is 2.99. The third-order valence-electron chi connectivity index (χ3n) is 3.86. The van der Waals surface area contributed by atoms with Crippen molar-refractivity contribution in [3.05, 3.63) is 65.2 Å². The molecule has 0 aromatic heterocycles. The van der Waals surface area contributed by atoms with Gasteiger partial charge in [0.1, 0.15) is 0 Å². The standard InChI is InChI=1S/C19H17NO3/c21-16-11-12-20(13-16)18-15(7-4-8-17(18)19(22)23)10-9-14-5-2-1-3-6-14/h1-8,16,21H,11-13H2,(H,22,23)/t16-/m0/s1. The van der Waals surface area contributed by atoms with Crippen LogP contribution in [0.5, 0.6) is 0 Å². The van der Waals surface area contributed by atoms with Gasteiger partial charge in [-0.15, -0.1) is 0 Å². The van der Waals surface area contributed by atoms with E-state index in [1.807, 2.05) is 41.3 Å². The van der Waals surface area contributed by atoms with Crippen molar-refractivity contribution in [3.8, 4) is 11.8 Å². The van der Waals surface area contributed by atoms with Crippen molar-refractivity contribution in [2.24, 2.45) is 0 Å². The number of aliphatic hydroxyl groups excluding tert-OH is 1. The van der Waals surface area contributed by atoms with E-state index >= 15 is 0 Å². The van der Waals surface area contributed by atoms with Crippen LogP contribution in [0.25, 0.3) is 0 Å². The van der Waals surface area contributed by atoms with Crippen LogP contribution in [0.4, 0.5) is 5.69 Å². The highest BCUT2D eigenvalue weighted by molar-refractivity contribution is 5.96. The van der Waals surface area contributed by atoms with E-state index in [9.17, 15) is 15.0 Å². The summed E-state index contributed by atoms with van der Waals surface area (Å²) in [4.78, 5) is 13.5. The molecule has 1 heterocycles. The predicted molar refractivity (Wildman–Crippen MR) is 88.7 cm³/mol. The highest BCUT2D eigenvalue weighted by atomic mass is 16.4. The Morgan fingerprint density at radius 3 is 2.52 bits per heavy atom. The fourth-order valence-electron chi connectivity index (χ4n) is 2.76. The lowest BCUT2D eigenvalue weighted by Crippen LogP contribution is -2.24. The monoisotopic (exact) mass is 307 g/mol. The summed E-state index contributed by atoms with van der Waals surface area (Å²) in [5.41, 5.74) is 2.36. The molecule has 1 aliphatic heterocycles. The first-order chi connectivity index (χ1) is 11.1. The largest absolute Gasteiger partial charge is 0.478 e. The van der Waals surface area contributed by atoms with E-state index in [2.05, 4.69) is 11.8 Å². The molecule has 3 rings (SSSR count). The number of anilines is 1. The third kappa shape index (κ3) is 3.36. The molecule has 0 spiro atoms. The number of carboxylic acid groups (broad SMARTS) is 1. The molecular formula is C19H17NO3. The van der Waals surface area contributed by atoms with Gasteiger partial charge in [-0.05, 0) is 30.7 Å². The summed E-state index contributed by atoms with van der Waals surface area (Å²) in [6.07, 6.45) is 0.214. The van der Waals surface area contributed by atoms with Gasteiger partial charge in [-0.2, -0.15) is 0 Å². The van der Waals surface area contributed by atoms with E-state index in [0.29, 0.717) is 30.8 Å². The SMILES string of the molecule is O=C(O)c1cccc(C#Cc2ccccc2)c1N1CC[C@H](O)C1. The molecule has 23 heavy (non-hydrogen) atoms. The molecule has 0 saturated carbocycles. The van der Waals surface area contributed by atoms with Gasteiger partial charge in [0.05, 0.1) is 17.4 Å². The molecule has 2 N–H and O–H groups in total. The molecule has 0 radical (unpaired) electrons. The molecule has 1 fully saturated rings. The van der Waals surface area contributed by atoms with Gasteiger partial charge in [0, 0.05) is 24.2 Å². The van der Waals surface area contributed by atoms with Gasteiger partial charge in [0.15, 0.2) is 0 Å². The summed E-state index contributed by atoms with van der Waals surface area (Å²) in [6.45, 7) is 1.07. The van der Waals surface area contributed by atoms with Crippen molar-refractivity contribution in [2.45, 2.75) is 12.5 Å². The first kappa shape index (κ1) is 15.1. The van der Waals surface area contributed by atoms with Crippen LogP contribution in [0.1, 0.15) is 27.9 Å². The summed E-state index contributed by atoms with van der Waals surface area (Å²) in [7, 11) is 0. The average molecular weight is 307 g/mol. The molecule has 1 atom stereocenters. The van der Waals surface area contributed by atoms with E-state index in [-0.39, 0.29) is 5.56 Å². The summed E-state index contributed by atoms with van der Waals surface area (Å²) >= 11 is 0. The van der Waals surface area contributed by atoms with Gasteiger partial charge in [0.25, 0.3) is 0 Å². The predicted octanol–water partition coefficient (Wildman–Crippen LogP) is 2.36. The molecular weight excluding hydrogens is 290 g/mol. The van der Waals surface area contributed by atoms with Crippen molar-refractivity contribution in [1.82, 2.24) is 0 Å². The highest BCUT2D eigenvalue weighted by Gasteiger charge is 2.26. The number of rotatable bonds is 2.